The number of nitrogens with one attached hydrogen (secondary N) is 1. The number of nitrogens with two attached hydrogens (primary N) is 1. The number of carbonyl (C=O) groups excluding carboxylic acids is 3. The lowest BCUT2D eigenvalue weighted by Crippen LogP contribution is -2.58. The number of carbonyl (C=O) groups is 3. The van der Waals surface area contributed by atoms with E-state index in [9.17, 15) is 19.5 Å². The Kier molecular flexibility index (Phi) is 22.2. The molecule has 0 spiro atoms. The number of methoxy groups -OCH3 is 1. The number of amides is 2. The van der Waals surface area contributed by atoms with E-state index in [1.54, 1.807) is 26.8 Å². The molecule has 0 saturated heterocycles. The lowest BCUT2D eigenvalue weighted by molar-refractivity contribution is -0.189. The van der Waals surface area contributed by atoms with E-state index in [2.05, 4.69) is 19.2 Å². The number of ether oxygens (including phenoxy) is 3. The highest BCUT2D eigenvalue weighted by atomic mass is 32.2. The van der Waals surface area contributed by atoms with Gasteiger partial charge >= 0.3 is 5.97 Å². The maximum atomic E-state index is 13.8. The van der Waals surface area contributed by atoms with Crippen molar-refractivity contribution in [2.45, 2.75) is 135 Å². The van der Waals surface area contributed by atoms with E-state index < -0.39 is 47.6 Å². The van der Waals surface area contributed by atoms with Crippen molar-refractivity contribution in [1.82, 2.24) is 5.32 Å². The van der Waals surface area contributed by atoms with E-state index in [4.69, 9.17) is 19.9 Å². The third-order valence-corrected chi connectivity index (χ3v) is 8.99. The van der Waals surface area contributed by atoms with Crippen LogP contribution in [-0.4, -0.2) is 72.0 Å². The molecule has 3 atom stereocenters. The number of primary amides is 1. The lowest BCUT2D eigenvalue weighted by Gasteiger charge is -2.34. The van der Waals surface area contributed by atoms with E-state index in [0.717, 1.165) is 37.7 Å². The van der Waals surface area contributed by atoms with Crippen molar-refractivity contribution in [3.63, 3.8) is 0 Å². The largest absolute Gasteiger partial charge is 0.494 e. The topological polar surface area (TPSA) is 137 Å². The molecule has 9 nitrogen and oxygen atoms in total. The molecule has 0 heterocycles. The van der Waals surface area contributed by atoms with Crippen LogP contribution in [0.5, 0.6) is 5.75 Å². The van der Waals surface area contributed by atoms with Crippen molar-refractivity contribution in [2.24, 2.45) is 11.7 Å². The van der Waals surface area contributed by atoms with Gasteiger partial charge in [0.2, 0.25) is 17.4 Å². The van der Waals surface area contributed by atoms with E-state index in [0.29, 0.717) is 18.8 Å². The Morgan fingerprint density at radius 1 is 0.917 bits per heavy atom. The molecule has 1 aromatic rings. The average Bonchev–Trinajstić information content (AvgIpc) is 3.02. The highest BCUT2D eigenvalue weighted by molar-refractivity contribution is 7.99. The Hall–Kier alpha value is -2.56. The number of unbranched alkanes of at least 4 members (excludes halogenated alkanes) is 9. The summed E-state index contributed by atoms with van der Waals surface area (Å²) >= 11 is 2.03. The van der Waals surface area contributed by atoms with Gasteiger partial charge in [-0.05, 0) is 82.1 Å². The SMILES string of the molecule is CCCCCCCSCCCCCC/C=C/[C@H](C(=O)N[C@@H](Cc1ccc(OCCCC)cc1)C(N)=O)[C@@](O)(COC)C(=O)OC(C)(C)C. The van der Waals surface area contributed by atoms with Gasteiger partial charge in [-0.25, -0.2) is 4.79 Å². The zero-order chi connectivity index (χ0) is 35.8. The summed E-state index contributed by atoms with van der Waals surface area (Å²) in [5.41, 5.74) is 3.22. The number of hydrogen-bond acceptors (Lipinski definition) is 8. The molecule has 0 unspecified atom stereocenters. The molecular weight excluding hydrogens is 628 g/mol. The second kappa shape index (κ2) is 24.6. The molecule has 0 aliphatic carbocycles. The minimum atomic E-state index is -2.34. The molecule has 274 valence electrons. The molecule has 0 saturated carbocycles. The van der Waals surface area contributed by atoms with Crippen LogP contribution in [0.25, 0.3) is 0 Å². The molecule has 10 heteroatoms. The summed E-state index contributed by atoms with van der Waals surface area (Å²) in [6.45, 7) is 9.50. The minimum absolute atomic E-state index is 0.124. The summed E-state index contributed by atoms with van der Waals surface area (Å²) in [7, 11) is 1.33. The molecule has 4 N–H and O–H groups in total. The van der Waals surface area contributed by atoms with Gasteiger partial charge in [0.1, 0.15) is 17.4 Å². The number of benzene rings is 1. The van der Waals surface area contributed by atoms with Gasteiger partial charge in [-0.3, -0.25) is 9.59 Å². The lowest BCUT2D eigenvalue weighted by atomic mass is 9.85. The fourth-order valence-electron chi connectivity index (χ4n) is 5.06. The number of esters is 1. The standard InChI is InChI=1S/C38H64N2O7S/c1-7-9-11-15-18-26-48-27-19-16-13-12-14-17-20-32(38(44,29-45-6)36(43)47-37(3,4)5)35(42)40-33(34(39)41)28-30-21-23-31(24-22-30)46-25-10-8-2/h17,20-24,32-33,44H,7-16,18-19,25-29H2,1-6H3,(H2,39,41)(H,40,42)/b20-17+/t32-,33+,38+/m1/s1. The van der Waals surface area contributed by atoms with Crippen molar-refractivity contribution in [1.29, 1.82) is 0 Å². The zero-order valence-electron chi connectivity index (χ0n) is 30.5. The molecular formula is C38H64N2O7S. The first-order valence-electron chi connectivity index (χ1n) is 17.9. The molecule has 1 rings (SSSR count). The number of allylic oxidation sites excluding steroid dienone is 1. The third kappa shape index (κ3) is 18.3. The molecule has 0 radical (unpaired) electrons. The van der Waals surface area contributed by atoms with Crippen molar-refractivity contribution in [3.05, 3.63) is 42.0 Å². The van der Waals surface area contributed by atoms with Gasteiger partial charge in [-0.2, -0.15) is 11.8 Å². The highest BCUT2D eigenvalue weighted by Crippen LogP contribution is 2.26. The summed E-state index contributed by atoms with van der Waals surface area (Å²) < 4.78 is 16.5. The van der Waals surface area contributed by atoms with Crippen LogP contribution in [0.15, 0.2) is 36.4 Å². The molecule has 0 aliphatic rings. The molecule has 48 heavy (non-hydrogen) atoms. The second-order valence-corrected chi connectivity index (χ2v) is 14.7. The minimum Gasteiger partial charge on any atom is -0.494 e. The zero-order valence-corrected chi connectivity index (χ0v) is 31.3. The van der Waals surface area contributed by atoms with Crippen LogP contribution in [0.3, 0.4) is 0 Å². The first kappa shape index (κ1) is 43.5. The van der Waals surface area contributed by atoms with Gasteiger partial charge in [-0.1, -0.05) is 83.1 Å². The first-order valence-corrected chi connectivity index (χ1v) is 19.0. The number of rotatable bonds is 27. The van der Waals surface area contributed by atoms with Crippen LogP contribution in [-0.2, 0) is 30.3 Å². The van der Waals surface area contributed by atoms with E-state index >= 15 is 0 Å². The average molecular weight is 693 g/mol. The summed E-state index contributed by atoms with van der Waals surface area (Å²) in [6.07, 6.45) is 16.9. The summed E-state index contributed by atoms with van der Waals surface area (Å²) in [5.74, 6) is -0.732. The Morgan fingerprint density at radius 3 is 2.08 bits per heavy atom. The molecule has 1 aromatic carbocycles. The quantitative estimate of drug-likeness (QED) is 0.0513. The van der Waals surface area contributed by atoms with Gasteiger partial charge in [0.25, 0.3) is 0 Å². The number of thioether (sulfide) groups is 1. The maximum Gasteiger partial charge on any atom is 0.342 e. The van der Waals surface area contributed by atoms with Crippen LogP contribution in [0.2, 0.25) is 0 Å². The third-order valence-electron chi connectivity index (χ3n) is 7.83. The Bertz CT molecular complexity index is 1070. The van der Waals surface area contributed by atoms with Gasteiger partial charge < -0.3 is 30.4 Å². The van der Waals surface area contributed by atoms with Crippen LogP contribution in [0, 0.1) is 5.92 Å². The highest BCUT2D eigenvalue weighted by Gasteiger charge is 2.49. The van der Waals surface area contributed by atoms with Crippen molar-refractivity contribution in [2.75, 3.05) is 31.8 Å². The van der Waals surface area contributed by atoms with Crippen LogP contribution >= 0.6 is 11.8 Å². The van der Waals surface area contributed by atoms with Gasteiger partial charge in [-0.15, -0.1) is 0 Å². The maximum absolute atomic E-state index is 13.8. The predicted octanol–water partition coefficient (Wildman–Crippen LogP) is 6.92. The molecule has 0 bridgehead atoms. The fraction of sp³-hybridized carbons (Fsp3) is 0.711. The smallest absolute Gasteiger partial charge is 0.342 e. The molecule has 0 aliphatic heterocycles. The number of aliphatic hydroxyl groups is 1. The van der Waals surface area contributed by atoms with Gasteiger partial charge in [0, 0.05) is 13.5 Å². The van der Waals surface area contributed by atoms with E-state index in [1.807, 2.05) is 36.0 Å². The monoisotopic (exact) mass is 692 g/mol. The normalized spacial score (nSPS) is 14.3. The Balaban J connectivity index is 2.93. The summed E-state index contributed by atoms with van der Waals surface area (Å²) in [6, 6.07) is 6.17. The summed E-state index contributed by atoms with van der Waals surface area (Å²) in [4.78, 5) is 39.6. The van der Waals surface area contributed by atoms with Crippen LogP contribution in [0.4, 0.5) is 0 Å². The van der Waals surface area contributed by atoms with Gasteiger partial charge in [0.15, 0.2) is 0 Å². The second-order valence-electron chi connectivity index (χ2n) is 13.5. The van der Waals surface area contributed by atoms with Crippen molar-refractivity contribution in [3.8, 4) is 5.75 Å². The predicted molar refractivity (Wildman–Crippen MR) is 196 cm³/mol. The van der Waals surface area contributed by atoms with E-state index in [1.165, 1.54) is 63.2 Å². The van der Waals surface area contributed by atoms with Crippen molar-refractivity contribution < 1.29 is 33.7 Å². The van der Waals surface area contributed by atoms with Gasteiger partial charge in [0.05, 0.1) is 19.1 Å². The van der Waals surface area contributed by atoms with Crippen LogP contribution in [0.1, 0.15) is 117 Å². The molecule has 0 aromatic heterocycles. The van der Waals surface area contributed by atoms with E-state index in [-0.39, 0.29) is 6.42 Å². The fourth-order valence-corrected chi connectivity index (χ4v) is 6.08. The van der Waals surface area contributed by atoms with Crippen molar-refractivity contribution >= 4 is 29.5 Å². The number of hydrogen-bond donors (Lipinski definition) is 3. The van der Waals surface area contributed by atoms with Crippen LogP contribution < -0.4 is 15.8 Å². The molecule has 2 amide bonds. The first-order chi connectivity index (χ1) is 22.9. The Labute approximate surface area is 294 Å². The Morgan fingerprint density at radius 2 is 1.52 bits per heavy atom. The summed E-state index contributed by atoms with van der Waals surface area (Å²) in [5, 5.41) is 14.4. The molecule has 0 fully saturated rings.